The quantitative estimate of drug-likeness (QED) is 0.555. The van der Waals surface area contributed by atoms with Gasteiger partial charge < -0.3 is 26.6 Å². The Hall–Kier alpha value is -1.54. The van der Waals surface area contributed by atoms with E-state index in [2.05, 4.69) is 10.2 Å². The predicted octanol–water partition coefficient (Wildman–Crippen LogP) is 0.619. The Bertz CT molecular complexity index is 670. The molecule has 0 unspecified atom stereocenters. The normalized spacial score (nSPS) is 23.2. The third-order valence-electron chi connectivity index (χ3n) is 5.21. The number of carbonyl (C=O) groups is 1. The number of hydrogen-bond donors (Lipinski definition) is 4. The molecule has 2 aliphatic heterocycles. The molecule has 2 aliphatic rings. The fraction of sp³-hybridized carbons (Fsp3) is 0.611. The lowest BCUT2D eigenvalue weighted by Gasteiger charge is -2.35. The number of aliphatic hydroxyl groups is 1. The van der Waals surface area contributed by atoms with Gasteiger partial charge in [0.2, 0.25) is 0 Å². The van der Waals surface area contributed by atoms with Crippen LogP contribution in [0.1, 0.15) is 28.8 Å². The third kappa shape index (κ3) is 4.06. The Kier molecular flexibility index (Phi) is 6.24. The summed E-state index contributed by atoms with van der Waals surface area (Å²) in [6, 6.07) is 1.57. The second-order valence-electron chi connectivity index (χ2n) is 6.99. The molecule has 144 valence electrons. The predicted molar refractivity (Wildman–Crippen MR) is 102 cm³/mol. The zero-order valence-corrected chi connectivity index (χ0v) is 15.6. The molecule has 1 amide bonds. The number of nitrogens with two attached hydrogens (primary N) is 2. The molecule has 6 N–H and O–H groups in total. The van der Waals surface area contributed by atoms with Gasteiger partial charge in [-0.05, 0) is 31.9 Å². The molecule has 1 saturated heterocycles. The second kappa shape index (κ2) is 8.43. The number of likely N-dealkylation sites (tertiary alicyclic amines) is 1. The Morgan fingerprint density at radius 3 is 3.04 bits per heavy atom. The summed E-state index contributed by atoms with van der Waals surface area (Å²) >= 11 is 6.20. The van der Waals surface area contributed by atoms with Gasteiger partial charge >= 0.3 is 0 Å². The Morgan fingerprint density at radius 1 is 1.50 bits per heavy atom. The number of piperidine rings is 1. The number of rotatable bonds is 5. The number of benzene rings is 1. The van der Waals surface area contributed by atoms with E-state index >= 15 is 0 Å². The topological polar surface area (TPSA) is 114 Å². The number of anilines is 1. The van der Waals surface area contributed by atoms with Crippen LogP contribution >= 0.6 is 11.6 Å². The molecule has 0 spiro atoms. The van der Waals surface area contributed by atoms with E-state index in [1.165, 1.54) is 0 Å². The average molecular weight is 383 g/mol. The summed E-state index contributed by atoms with van der Waals surface area (Å²) in [6.45, 7) is 3.80. The van der Waals surface area contributed by atoms with Gasteiger partial charge in [0, 0.05) is 37.7 Å². The van der Waals surface area contributed by atoms with E-state index in [0.29, 0.717) is 48.3 Å². The van der Waals surface area contributed by atoms with Gasteiger partial charge in [-0.25, -0.2) is 0 Å². The number of aliphatic hydroxyl groups excluding tert-OH is 1. The molecule has 0 aromatic heterocycles. The molecule has 0 saturated carbocycles. The summed E-state index contributed by atoms with van der Waals surface area (Å²) in [5.74, 6) is 0.310. The van der Waals surface area contributed by atoms with Crippen LogP contribution < -0.4 is 21.5 Å². The number of nitrogens with one attached hydrogen (secondary N) is 1. The molecule has 0 bridgehead atoms. The minimum Gasteiger partial charge on any atom is -0.492 e. The van der Waals surface area contributed by atoms with E-state index in [-0.39, 0.29) is 11.8 Å². The molecule has 0 radical (unpaired) electrons. The first-order chi connectivity index (χ1) is 12.5. The molecule has 3 rings (SSSR count). The van der Waals surface area contributed by atoms with Crippen LogP contribution in [0.4, 0.5) is 5.69 Å². The fourth-order valence-corrected chi connectivity index (χ4v) is 3.92. The molecule has 2 atom stereocenters. The highest BCUT2D eigenvalue weighted by Crippen LogP contribution is 2.38. The van der Waals surface area contributed by atoms with Crippen LogP contribution in [-0.4, -0.2) is 61.3 Å². The third-order valence-corrected chi connectivity index (χ3v) is 5.52. The van der Waals surface area contributed by atoms with Crippen molar-refractivity contribution in [2.24, 2.45) is 11.7 Å². The summed E-state index contributed by atoms with van der Waals surface area (Å²) in [7, 11) is 0. The number of β-amino-alcohol motifs (C(OH)–C–C–N with tert-alkyl or cyclic N) is 1. The summed E-state index contributed by atoms with van der Waals surface area (Å²) in [5.41, 5.74) is 13.3. The van der Waals surface area contributed by atoms with Crippen LogP contribution in [-0.2, 0) is 6.42 Å². The summed E-state index contributed by atoms with van der Waals surface area (Å²) in [6.07, 6.45) is 1.95. The Labute approximate surface area is 158 Å². The van der Waals surface area contributed by atoms with E-state index in [4.69, 9.17) is 27.8 Å². The highest BCUT2D eigenvalue weighted by atomic mass is 35.5. The first kappa shape index (κ1) is 19.2. The summed E-state index contributed by atoms with van der Waals surface area (Å²) in [4.78, 5) is 14.8. The monoisotopic (exact) mass is 382 g/mol. The first-order valence-corrected chi connectivity index (χ1v) is 9.51. The van der Waals surface area contributed by atoms with Gasteiger partial charge in [-0.1, -0.05) is 11.6 Å². The lowest BCUT2D eigenvalue weighted by Crippen LogP contribution is -2.48. The van der Waals surface area contributed by atoms with Gasteiger partial charge in [0.25, 0.3) is 5.91 Å². The number of nitrogens with zero attached hydrogens (tertiary/aromatic N) is 1. The molecule has 0 aliphatic carbocycles. The van der Waals surface area contributed by atoms with Gasteiger partial charge in [0.05, 0.1) is 29.0 Å². The maximum absolute atomic E-state index is 12.7. The molecule has 1 fully saturated rings. The van der Waals surface area contributed by atoms with Crippen LogP contribution in [0.25, 0.3) is 0 Å². The zero-order chi connectivity index (χ0) is 18.7. The minimum atomic E-state index is -0.476. The van der Waals surface area contributed by atoms with Gasteiger partial charge in [-0.3, -0.25) is 9.69 Å². The van der Waals surface area contributed by atoms with Crippen molar-refractivity contribution in [3.8, 4) is 5.75 Å². The Morgan fingerprint density at radius 2 is 2.31 bits per heavy atom. The lowest BCUT2D eigenvalue weighted by atomic mass is 9.93. The van der Waals surface area contributed by atoms with E-state index in [1.807, 2.05) is 0 Å². The highest BCUT2D eigenvalue weighted by molar-refractivity contribution is 6.33. The van der Waals surface area contributed by atoms with Crippen LogP contribution in [0.15, 0.2) is 6.07 Å². The smallest absolute Gasteiger partial charge is 0.255 e. The van der Waals surface area contributed by atoms with Crippen molar-refractivity contribution < 1.29 is 14.6 Å². The summed E-state index contributed by atoms with van der Waals surface area (Å²) < 4.78 is 5.70. The number of nitrogen functional groups attached to an aromatic ring is 1. The lowest BCUT2D eigenvalue weighted by molar-refractivity contribution is 0.0234. The van der Waals surface area contributed by atoms with E-state index in [0.717, 1.165) is 37.9 Å². The van der Waals surface area contributed by atoms with Crippen molar-refractivity contribution in [3.05, 3.63) is 22.2 Å². The van der Waals surface area contributed by atoms with Crippen molar-refractivity contribution in [2.45, 2.75) is 25.4 Å². The van der Waals surface area contributed by atoms with Crippen molar-refractivity contribution in [2.75, 3.05) is 45.1 Å². The van der Waals surface area contributed by atoms with Crippen LogP contribution in [0.2, 0.25) is 5.02 Å². The van der Waals surface area contributed by atoms with Crippen molar-refractivity contribution >= 4 is 23.2 Å². The second-order valence-corrected chi connectivity index (χ2v) is 7.40. The zero-order valence-electron chi connectivity index (χ0n) is 14.8. The molecule has 7 nitrogen and oxygen atoms in total. The van der Waals surface area contributed by atoms with Crippen LogP contribution in [0, 0.1) is 5.92 Å². The van der Waals surface area contributed by atoms with Crippen LogP contribution in [0.3, 0.4) is 0 Å². The van der Waals surface area contributed by atoms with Gasteiger partial charge in [0.1, 0.15) is 5.75 Å². The largest absolute Gasteiger partial charge is 0.492 e. The SMILES string of the molecule is NCCN1CC[C@@H](CNC(=O)c2cc(Cl)c(N)c3c2OCCC3)[C@H](O)C1. The minimum absolute atomic E-state index is 0.0222. The first-order valence-electron chi connectivity index (χ1n) is 9.13. The number of ether oxygens (including phenoxy) is 1. The maximum Gasteiger partial charge on any atom is 0.255 e. The molecule has 2 heterocycles. The molecule has 1 aromatic carbocycles. The molecule has 8 heteroatoms. The number of halogens is 1. The van der Waals surface area contributed by atoms with Crippen molar-refractivity contribution in [1.82, 2.24) is 10.2 Å². The Balaban J connectivity index is 1.65. The van der Waals surface area contributed by atoms with Crippen molar-refractivity contribution in [3.63, 3.8) is 0 Å². The van der Waals surface area contributed by atoms with Gasteiger partial charge in [-0.2, -0.15) is 0 Å². The van der Waals surface area contributed by atoms with Crippen molar-refractivity contribution in [1.29, 1.82) is 0 Å². The molecular weight excluding hydrogens is 356 g/mol. The number of carbonyl (C=O) groups excluding carboxylic acids is 1. The standard InChI is InChI=1S/C18H27ClN4O3/c19-14-8-13(17-12(16(14)21)2-1-7-26-17)18(25)22-9-11-3-5-23(6-4-20)10-15(11)24/h8,11,15,24H,1-7,9-10,20-21H2,(H,22,25)/t11-,15+/m0/s1. The number of amides is 1. The maximum atomic E-state index is 12.7. The molecule has 26 heavy (non-hydrogen) atoms. The highest BCUT2D eigenvalue weighted by Gasteiger charge is 2.29. The molecule has 1 aromatic rings. The molecular formula is C18H27ClN4O3. The van der Waals surface area contributed by atoms with Crippen LogP contribution in [0.5, 0.6) is 5.75 Å². The fourth-order valence-electron chi connectivity index (χ4n) is 3.69. The van der Waals surface area contributed by atoms with E-state index in [1.54, 1.807) is 6.07 Å². The number of fused-ring (bicyclic) bond motifs is 1. The van der Waals surface area contributed by atoms with E-state index < -0.39 is 6.10 Å². The van der Waals surface area contributed by atoms with Gasteiger partial charge in [0.15, 0.2) is 0 Å². The number of hydrogen-bond acceptors (Lipinski definition) is 6. The van der Waals surface area contributed by atoms with Gasteiger partial charge in [-0.15, -0.1) is 0 Å². The van der Waals surface area contributed by atoms with E-state index in [9.17, 15) is 9.90 Å². The average Bonchev–Trinajstić information content (AvgIpc) is 2.64. The summed E-state index contributed by atoms with van der Waals surface area (Å²) in [5, 5.41) is 13.6.